The average Bonchev–Trinajstić information content (AvgIpc) is 2.73. The van der Waals surface area contributed by atoms with E-state index in [-0.39, 0.29) is 5.41 Å². The van der Waals surface area contributed by atoms with Gasteiger partial charge in [0, 0.05) is 35.8 Å². The molecule has 3 rings (SSSR count). The quantitative estimate of drug-likeness (QED) is 0.820. The van der Waals surface area contributed by atoms with Crippen molar-refractivity contribution in [3.8, 4) is 0 Å². The molecule has 1 saturated heterocycles. The van der Waals surface area contributed by atoms with Crippen LogP contribution in [0.5, 0.6) is 0 Å². The molecule has 1 spiro atoms. The first-order valence-electron chi connectivity index (χ1n) is 7.17. The fourth-order valence-corrected chi connectivity index (χ4v) is 3.36. The van der Waals surface area contributed by atoms with Gasteiger partial charge in [0.15, 0.2) is 0 Å². The van der Waals surface area contributed by atoms with Gasteiger partial charge in [-0.2, -0.15) is 0 Å². The number of nitrogens with zero attached hydrogens (tertiary/aromatic N) is 1. The van der Waals surface area contributed by atoms with E-state index in [4.69, 9.17) is 4.98 Å². The fraction of sp³-hybridized carbons (Fsp3) is 0.688. The zero-order valence-electron chi connectivity index (χ0n) is 11.8. The smallest absolute Gasteiger partial charge is 0.0460 e. The maximum Gasteiger partial charge on any atom is 0.0460 e. The van der Waals surface area contributed by atoms with Gasteiger partial charge in [-0.3, -0.25) is 4.98 Å². The molecule has 1 unspecified atom stereocenters. The van der Waals surface area contributed by atoms with Crippen LogP contribution in [0.3, 0.4) is 0 Å². The summed E-state index contributed by atoms with van der Waals surface area (Å²) >= 11 is 0. The first kappa shape index (κ1) is 12.2. The van der Waals surface area contributed by atoms with E-state index in [0.717, 1.165) is 0 Å². The molecule has 1 aliphatic carbocycles. The Morgan fingerprint density at radius 2 is 2.06 bits per heavy atom. The molecule has 1 N–H and O–H groups in total. The van der Waals surface area contributed by atoms with Crippen LogP contribution in [0.2, 0.25) is 0 Å². The van der Waals surface area contributed by atoms with Crippen LogP contribution in [0.15, 0.2) is 18.2 Å². The summed E-state index contributed by atoms with van der Waals surface area (Å²) in [7, 11) is 0. The van der Waals surface area contributed by atoms with E-state index in [0.29, 0.717) is 11.3 Å². The molecular weight excluding hydrogens is 220 g/mol. The predicted molar refractivity (Wildman–Crippen MR) is 74.8 cm³/mol. The molecule has 1 aliphatic heterocycles. The molecule has 18 heavy (non-hydrogen) atoms. The van der Waals surface area contributed by atoms with Crippen molar-refractivity contribution in [3.05, 3.63) is 29.6 Å². The van der Waals surface area contributed by atoms with Crippen molar-refractivity contribution in [3.63, 3.8) is 0 Å². The zero-order chi connectivity index (χ0) is 12.8. The Labute approximate surface area is 110 Å². The summed E-state index contributed by atoms with van der Waals surface area (Å²) in [5, 5.41) is 3.43. The Morgan fingerprint density at radius 1 is 1.28 bits per heavy atom. The molecule has 0 radical (unpaired) electrons. The highest BCUT2D eigenvalue weighted by atomic mass is 15.0. The SMILES string of the molecule is CC(C)(C)c1cccc(C2CCC3(CNC3)C2)n1. The van der Waals surface area contributed by atoms with Crippen LogP contribution < -0.4 is 5.32 Å². The molecule has 0 amide bonds. The summed E-state index contributed by atoms with van der Waals surface area (Å²) in [6.45, 7) is 9.17. The van der Waals surface area contributed by atoms with E-state index >= 15 is 0 Å². The van der Waals surface area contributed by atoms with Crippen LogP contribution in [0, 0.1) is 5.41 Å². The van der Waals surface area contributed by atoms with Gasteiger partial charge < -0.3 is 5.32 Å². The van der Waals surface area contributed by atoms with Crippen molar-refractivity contribution in [2.24, 2.45) is 5.41 Å². The molecule has 1 atom stereocenters. The van der Waals surface area contributed by atoms with Crippen LogP contribution in [0.1, 0.15) is 57.3 Å². The maximum atomic E-state index is 4.93. The Morgan fingerprint density at radius 3 is 2.61 bits per heavy atom. The van der Waals surface area contributed by atoms with Gasteiger partial charge in [-0.15, -0.1) is 0 Å². The highest BCUT2D eigenvalue weighted by molar-refractivity contribution is 5.21. The third kappa shape index (κ3) is 2.07. The van der Waals surface area contributed by atoms with Gasteiger partial charge in [-0.05, 0) is 36.8 Å². The second-order valence-electron chi connectivity index (χ2n) is 7.24. The Kier molecular flexibility index (Phi) is 2.74. The number of rotatable bonds is 1. The maximum absolute atomic E-state index is 4.93. The molecule has 0 aromatic carbocycles. The first-order valence-corrected chi connectivity index (χ1v) is 7.17. The third-order valence-corrected chi connectivity index (χ3v) is 4.66. The number of hydrogen-bond donors (Lipinski definition) is 1. The summed E-state index contributed by atoms with van der Waals surface area (Å²) in [5.74, 6) is 0.689. The van der Waals surface area contributed by atoms with Gasteiger partial charge in [0.05, 0.1) is 0 Å². The highest BCUT2D eigenvalue weighted by Gasteiger charge is 2.44. The molecule has 2 fully saturated rings. The lowest BCUT2D eigenvalue weighted by atomic mass is 9.79. The predicted octanol–water partition coefficient (Wildman–Crippen LogP) is 3.24. The molecule has 1 saturated carbocycles. The Hall–Kier alpha value is -0.890. The topological polar surface area (TPSA) is 24.9 Å². The minimum atomic E-state index is 0.157. The monoisotopic (exact) mass is 244 g/mol. The van der Waals surface area contributed by atoms with E-state index in [1.54, 1.807) is 0 Å². The van der Waals surface area contributed by atoms with Crippen LogP contribution >= 0.6 is 0 Å². The van der Waals surface area contributed by atoms with Gasteiger partial charge in [-0.1, -0.05) is 26.8 Å². The van der Waals surface area contributed by atoms with Crippen LogP contribution in [-0.4, -0.2) is 18.1 Å². The van der Waals surface area contributed by atoms with E-state index in [2.05, 4.69) is 44.3 Å². The molecule has 2 heterocycles. The average molecular weight is 244 g/mol. The summed E-state index contributed by atoms with van der Waals surface area (Å²) < 4.78 is 0. The molecule has 98 valence electrons. The fourth-order valence-electron chi connectivity index (χ4n) is 3.36. The minimum absolute atomic E-state index is 0.157. The van der Waals surface area contributed by atoms with Gasteiger partial charge in [0.1, 0.15) is 0 Å². The van der Waals surface area contributed by atoms with Gasteiger partial charge in [-0.25, -0.2) is 0 Å². The van der Waals surface area contributed by atoms with Crippen molar-refractivity contribution < 1.29 is 0 Å². The van der Waals surface area contributed by atoms with Crippen molar-refractivity contribution in [1.82, 2.24) is 10.3 Å². The van der Waals surface area contributed by atoms with Crippen LogP contribution in [0.25, 0.3) is 0 Å². The highest BCUT2D eigenvalue weighted by Crippen LogP contribution is 2.48. The second-order valence-corrected chi connectivity index (χ2v) is 7.24. The second kappa shape index (κ2) is 4.06. The minimum Gasteiger partial charge on any atom is -0.316 e. The Bertz CT molecular complexity index is 441. The molecular formula is C16H24N2. The largest absolute Gasteiger partial charge is 0.316 e. The first-order chi connectivity index (χ1) is 8.49. The third-order valence-electron chi connectivity index (χ3n) is 4.66. The lowest BCUT2D eigenvalue weighted by Crippen LogP contribution is -2.51. The Balaban J connectivity index is 1.81. The van der Waals surface area contributed by atoms with Gasteiger partial charge in [0.25, 0.3) is 0 Å². The molecule has 1 aromatic heterocycles. The van der Waals surface area contributed by atoms with Gasteiger partial charge in [0.2, 0.25) is 0 Å². The lowest BCUT2D eigenvalue weighted by molar-refractivity contribution is 0.175. The van der Waals surface area contributed by atoms with Crippen LogP contribution in [-0.2, 0) is 5.41 Å². The van der Waals surface area contributed by atoms with Gasteiger partial charge >= 0.3 is 0 Å². The van der Waals surface area contributed by atoms with E-state index in [1.807, 2.05) is 0 Å². The van der Waals surface area contributed by atoms with E-state index < -0.39 is 0 Å². The van der Waals surface area contributed by atoms with Crippen molar-refractivity contribution >= 4 is 0 Å². The van der Waals surface area contributed by atoms with E-state index in [1.165, 1.54) is 43.7 Å². The number of nitrogens with one attached hydrogen (secondary N) is 1. The van der Waals surface area contributed by atoms with Crippen molar-refractivity contribution in [2.45, 2.75) is 51.4 Å². The van der Waals surface area contributed by atoms with E-state index in [9.17, 15) is 0 Å². The summed E-state index contributed by atoms with van der Waals surface area (Å²) in [6.07, 6.45) is 4.04. The van der Waals surface area contributed by atoms with Crippen molar-refractivity contribution in [1.29, 1.82) is 0 Å². The number of pyridine rings is 1. The standard InChI is InChI=1S/C16H24N2/c1-15(2,3)14-6-4-5-13(18-14)12-7-8-16(9-12)10-17-11-16/h4-6,12,17H,7-11H2,1-3H3. The van der Waals surface area contributed by atoms with Crippen LogP contribution in [0.4, 0.5) is 0 Å². The zero-order valence-corrected chi connectivity index (χ0v) is 11.8. The molecule has 0 bridgehead atoms. The normalized spacial score (nSPS) is 26.3. The molecule has 2 aliphatic rings. The summed E-state index contributed by atoms with van der Waals surface area (Å²) in [4.78, 5) is 4.93. The lowest BCUT2D eigenvalue weighted by Gasteiger charge is -2.39. The molecule has 1 aromatic rings. The number of aromatic nitrogens is 1. The molecule has 2 nitrogen and oxygen atoms in total. The summed E-state index contributed by atoms with van der Waals surface area (Å²) in [6, 6.07) is 6.58. The number of hydrogen-bond acceptors (Lipinski definition) is 2. The van der Waals surface area contributed by atoms with Crippen molar-refractivity contribution in [2.75, 3.05) is 13.1 Å². The summed E-state index contributed by atoms with van der Waals surface area (Å²) in [5.41, 5.74) is 3.33. The molecule has 2 heteroatoms.